The third kappa shape index (κ3) is 0.928. The summed E-state index contributed by atoms with van der Waals surface area (Å²) < 4.78 is 8.59. The number of ether oxygens (including phenoxy) is 1. The monoisotopic (exact) mass is 143 g/mol. The maximum Gasteiger partial charge on any atom is 0.346 e. The summed E-state index contributed by atoms with van der Waals surface area (Å²) in [6, 6.07) is 0. The number of methoxy groups -OCH3 is 1. The largest absolute Gasteiger partial charge is 0.465 e. The molecule has 0 radical (unpaired) electrons. The van der Waals surface area contributed by atoms with Gasteiger partial charge in [-0.1, -0.05) is 0 Å². The number of hydrogen-bond acceptors (Lipinski definition) is 4. The van der Waals surface area contributed by atoms with Gasteiger partial charge in [0.25, 0.3) is 5.56 Å². The first-order valence-corrected chi connectivity index (χ1v) is 2.50. The minimum atomic E-state index is -0.699. The van der Waals surface area contributed by atoms with Crippen LogP contribution in [0.1, 0.15) is 10.4 Å². The molecule has 1 rings (SSSR count). The van der Waals surface area contributed by atoms with Crippen LogP contribution in [0.15, 0.2) is 15.6 Å². The van der Waals surface area contributed by atoms with Crippen molar-refractivity contribution in [2.45, 2.75) is 0 Å². The molecule has 0 aliphatic carbocycles. The Bertz CT molecular complexity index is 284. The van der Waals surface area contributed by atoms with Gasteiger partial charge < -0.3 is 9.26 Å². The van der Waals surface area contributed by atoms with Gasteiger partial charge in [-0.2, -0.15) is 5.16 Å². The number of carbonyl (C=O) groups is 1. The molecule has 10 heavy (non-hydrogen) atoms. The zero-order chi connectivity index (χ0) is 7.56. The second-order valence-corrected chi connectivity index (χ2v) is 1.57. The number of carbonyl (C=O) groups excluding carboxylic acids is 1. The van der Waals surface area contributed by atoms with Gasteiger partial charge in [-0.05, 0) is 0 Å². The Morgan fingerprint density at radius 3 is 2.90 bits per heavy atom. The van der Waals surface area contributed by atoms with Crippen LogP contribution in [-0.2, 0) is 4.74 Å². The lowest BCUT2D eigenvalue weighted by Crippen LogP contribution is -2.12. The Balaban J connectivity index is 3.05. The van der Waals surface area contributed by atoms with Gasteiger partial charge >= 0.3 is 5.97 Å². The quantitative estimate of drug-likeness (QED) is 0.550. The fourth-order valence-corrected chi connectivity index (χ4v) is 0.501. The maximum atomic E-state index is 10.6. The Labute approximate surface area is 55.6 Å². The van der Waals surface area contributed by atoms with Crippen molar-refractivity contribution in [3.63, 3.8) is 0 Å². The molecule has 1 aromatic rings. The van der Waals surface area contributed by atoms with Crippen LogP contribution in [0, 0.1) is 0 Å². The molecule has 0 unspecified atom stereocenters. The van der Waals surface area contributed by atoms with E-state index in [1.807, 2.05) is 5.16 Å². The van der Waals surface area contributed by atoms with Gasteiger partial charge in [0.05, 0.1) is 7.11 Å². The van der Waals surface area contributed by atoms with Crippen molar-refractivity contribution in [3.8, 4) is 0 Å². The number of aromatic amines is 1. The number of hydrogen-bond donors (Lipinski definition) is 1. The highest BCUT2D eigenvalue weighted by Crippen LogP contribution is 1.90. The summed E-state index contributed by atoms with van der Waals surface area (Å²) in [7, 11) is 1.19. The van der Waals surface area contributed by atoms with Crippen LogP contribution in [0.25, 0.3) is 0 Å². The van der Waals surface area contributed by atoms with Crippen molar-refractivity contribution in [1.82, 2.24) is 5.16 Å². The van der Waals surface area contributed by atoms with Gasteiger partial charge in [-0.25, -0.2) is 4.79 Å². The van der Waals surface area contributed by atoms with Crippen LogP contribution < -0.4 is 5.56 Å². The van der Waals surface area contributed by atoms with E-state index in [9.17, 15) is 9.59 Å². The zero-order valence-electron chi connectivity index (χ0n) is 5.21. The van der Waals surface area contributed by atoms with Gasteiger partial charge in [0.15, 0.2) is 5.56 Å². The van der Waals surface area contributed by atoms with Crippen LogP contribution in [0.3, 0.4) is 0 Å². The molecule has 0 spiro atoms. The van der Waals surface area contributed by atoms with E-state index in [0.717, 1.165) is 6.26 Å². The van der Waals surface area contributed by atoms with Crippen molar-refractivity contribution in [2.75, 3.05) is 7.11 Å². The number of esters is 1. The van der Waals surface area contributed by atoms with Crippen molar-refractivity contribution >= 4 is 5.97 Å². The average Bonchev–Trinajstić information content (AvgIpc) is 2.34. The Kier molecular flexibility index (Phi) is 1.57. The first kappa shape index (κ1) is 6.60. The smallest absolute Gasteiger partial charge is 0.346 e. The molecular formula is C5H5NO4. The first-order chi connectivity index (χ1) is 4.75. The van der Waals surface area contributed by atoms with Crippen LogP contribution in [0.4, 0.5) is 0 Å². The molecule has 0 aromatic carbocycles. The molecule has 5 heteroatoms. The second-order valence-electron chi connectivity index (χ2n) is 1.57. The van der Waals surface area contributed by atoms with Gasteiger partial charge in [0.2, 0.25) is 0 Å². The molecule has 1 N–H and O–H groups in total. The topological polar surface area (TPSA) is 72.3 Å². The molecule has 0 saturated carbocycles. The predicted molar refractivity (Wildman–Crippen MR) is 30.7 cm³/mol. The van der Waals surface area contributed by atoms with Gasteiger partial charge in [-0.3, -0.25) is 4.79 Å². The molecule has 0 atom stereocenters. The molecule has 0 aliphatic rings. The lowest BCUT2D eigenvalue weighted by atomic mass is 10.4. The van der Waals surface area contributed by atoms with Crippen molar-refractivity contribution in [1.29, 1.82) is 0 Å². The summed E-state index contributed by atoms with van der Waals surface area (Å²) in [5.74, 6) is -0.699. The highest BCUT2D eigenvalue weighted by molar-refractivity contribution is 5.88. The summed E-state index contributed by atoms with van der Waals surface area (Å²) in [5, 5.41) is 1.95. The minimum Gasteiger partial charge on any atom is -0.465 e. The highest BCUT2D eigenvalue weighted by atomic mass is 16.5. The van der Waals surface area contributed by atoms with E-state index in [1.54, 1.807) is 0 Å². The molecular weight excluding hydrogens is 138 g/mol. The van der Waals surface area contributed by atoms with Gasteiger partial charge in [0.1, 0.15) is 6.26 Å². The second kappa shape index (κ2) is 2.38. The lowest BCUT2D eigenvalue weighted by molar-refractivity contribution is 0.0598. The standard InChI is InChI=1S/C5H5NO4/c1-9-5(8)3-2-10-6-4(3)7/h2H,1H3,(H,6,7). The molecule has 1 heterocycles. The number of nitrogens with one attached hydrogen (secondary N) is 1. The van der Waals surface area contributed by atoms with Crippen LogP contribution in [0.2, 0.25) is 0 Å². The lowest BCUT2D eigenvalue weighted by Gasteiger charge is -1.88. The van der Waals surface area contributed by atoms with Crippen LogP contribution >= 0.6 is 0 Å². The van der Waals surface area contributed by atoms with Gasteiger partial charge in [-0.15, -0.1) is 0 Å². The minimum absolute atomic E-state index is 0.123. The van der Waals surface area contributed by atoms with E-state index in [0.29, 0.717) is 0 Å². The summed E-state index contributed by atoms with van der Waals surface area (Å²) in [5.41, 5.74) is -0.700. The number of aromatic nitrogens is 1. The third-order valence-electron chi connectivity index (χ3n) is 0.978. The normalized spacial score (nSPS) is 9.30. The fraction of sp³-hybridized carbons (Fsp3) is 0.200. The van der Waals surface area contributed by atoms with Gasteiger partial charge in [0, 0.05) is 0 Å². The predicted octanol–water partition coefficient (Wildman–Crippen LogP) is -0.246. The SMILES string of the molecule is COC(=O)c1co[nH]c1=O. The molecule has 5 nitrogen and oxygen atoms in total. The van der Waals surface area contributed by atoms with E-state index in [1.165, 1.54) is 7.11 Å². The maximum absolute atomic E-state index is 10.6. The Morgan fingerprint density at radius 2 is 2.50 bits per heavy atom. The number of rotatable bonds is 1. The van der Waals surface area contributed by atoms with Crippen LogP contribution in [0.5, 0.6) is 0 Å². The molecule has 0 amide bonds. The highest BCUT2D eigenvalue weighted by Gasteiger charge is 2.11. The molecule has 0 saturated heterocycles. The van der Waals surface area contributed by atoms with E-state index < -0.39 is 11.5 Å². The summed E-state index contributed by atoms with van der Waals surface area (Å²) in [6.07, 6.45) is 1.01. The van der Waals surface area contributed by atoms with Crippen molar-refractivity contribution in [3.05, 3.63) is 22.2 Å². The van der Waals surface area contributed by atoms with Crippen molar-refractivity contribution in [2.24, 2.45) is 0 Å². The van der Waals surface area contributed by atoms with E-state index >= 15 is 0 Å². The molecule has 0 fully saturated rings. The Hall–Kier alpha value is -1.52. The molecule has 0 aliphatic heterocycles. The Morgan fingerprint density at radius 1 is 1.80 bits per heavy atom. The van der Waals surface area contributed by atoms with E-state index in [2.05, 4.69) is 9.26 Å². The zero-order valence-corrected chi connectivity index (χ0v) is 5.21. The summed E-state index contributed by atoms with van der Waals surface area (Å²) >= 11 is 0. The van der Waals surface area contributed by atoms with Crippen LogP contribution in [-0.4, -0.2) is 18.2 Å². The fourth-order valence-electron chi connectivity index (χ4n) is 0.501. The first-order valence-electron chi connectivity index (χ1n) is 2.50. The third-order valence-corrected chi connectivity index (χ3v) is 0.978. The molecule has 1 aromatic heterocycles. The average molecular weight is 143 g/mol. The van der Waals surface area contributed by atoms with Crippen molar-refractivity contribution < 1.29 is 14.1 Å². The summed E-state index contributed by atoms with van der Waals surface area (Å²) in [6.45, 7) is 0. The summed E-state index contributed by atoms with van der Waals surface area (Å²) in [4.78, 5) is 21.2. The molecule has 0 bridgehead atoms. The number of H-pyrrole nitrogens is 1. The molecule has 54 valence electrons. The van der Waals surface area contributed by atoms with E-state index in [-0.39, 0.29) is 5.56 Å². The van der Waals surface area contributed by atoms with E-state index in [4.69, 9.17) is 0 Å².